The largest absolute Gasteiger partial charge is 0.492 e. The van der Waals surface area contributed by atoms with E-state index in [1.807, 2.05) is 24.3 Å². The summed E-state index contributed by atoms with van der Waals surface area (Å²) in [6, 6.07) is 7.42. The molecule has 0 saturated carbocycles. The van der Waals surface area contributed by atoms with Crippen molar-refractivity contribution in [3.8, 4) is 5.75 Å². The van der Waals surface area contributed by atoms with Gasteiger partial charge in [0.1, 0.15) is 12.4 Å². The molecule has 1 heterocycles. The lowest BCUT2D eigenvalue weighted by Gasteiger charge is -2.30. The second-order valence-electron chi connectivity index (χ2n) is 5.48. The van der Waals surface area contributed by atoms with Crippen molar-refractivity contribution in [3.05, 3.63) is 29.8 Å². The molecule has 2 rings (SSSR count). The number of piperidine rings is 1. The van der Waals surface area contributed by atoms with Gasteiger partial charge in [-0.1, -0.05) is 19.1 Å². The Morgan fingerprint density at radius 3 is 3.05 bits per heavy atom. The summed E-state index contributed by atoms with van der Waals surface area (Å²) < 4.78 is 5.74. The van der Waals surface area contributed by atoms with E-state index in [2.05, 4.69) is 11.8 Å². The zero-order chi connectivity index (χ0) is 13.7. The van der Waals surface area contributed by atoms with Crippen LogP contribution in [0.4, 0.5) is 0 Å². The predicted octanol–water partition coefficient (Wildman–Crippen LogP) is 3.00. The number of carbonyl (C=O) groups is 1. The van der Waals surface area contributed by atoms with Crippen LogP contribution in [0.15, 0.2) is 24.3 Å². The molecule has 19 heavy (non-hydrogen) atoms. The van der Waals surface area contributed by atoms with E-state index in [1.54, 1.807) is 6.92 Å². The van der Waals surface area contributed by atoms with Gasteiger partial charge in [0.25, 0.3) is 0 Å². The smallest absolute Gasteiger partial charge is 0.159 e. The van der Waals surface area contributed by atoms with Crippen molar-refractivity contribution in [3.63, 3.8) is 0 Å². The van der Waals surface area contributed by atoms with Gasteiger partial charge < -0.3 is 4.74 Å². The number of ketones is 1. The molecule has 0 unspecified atom stereocenters. The highest BCUT2D eigenvalue weighted by Gasteiger charge is 2.15. The second kappa shape index (κ2) is 6.71. The van der Waals surface area contributed by atoms with Crippen LogP contribution < -0.4 is 4.74 Å². The number of hydrogen-bond acceptors (Lipinski definition) is 3. The zero-order valence-electron chi connectivity index (χ0n) is 11.9. The van der Waals surface area contributed by atoms with E-state index in [4.69, 9.17) is 4.74 Å². The molecule has 1 fully saturated rings. The van der Waals surface area contributed by atoms with E-state index >= 15 is 0 Å². The Hall–Kier alpha value is -1.35. The van der Waals surface area contributed by atoms with Crippen LogP contribution in [0.2, 0.25) is 0 Å². The Kier molecular flexibility index (Phi) is 4.97. The topological polar surface area (TPSA) is 29.5 Å². The van der Waals surface area contributed by atoms with Gasteiger partial charge in [0.2, 0.25) is 0 Å². The van der Waals surface area contributed by atoms with Gasteiger partial charge in [0, 0.05) is 18.7 Å². The summed E-state index contributed by atoms with van der Waals surface area (Å²) in [6.07, 6.45) is 2.64. The van der Waals surface area contributed by atoms with Crippen LogP contribution in [0.25, 0.3) is 0 Å². The maximum Gasteiger partial charge on any atom is 0.159 e. The summed E-state index contributed by atoms with van der Waals surface area (Å²) in [4.78, 5) is 13.8. The minimum Gasteiger partial charge on any atom is -0.492 e. The van der Waals surface area contributed by atoms with E-state index in [-0.39, 0.29) is 5.78 Å². The third-order valence-corrected chi connectivity index (χ3v) is 3.66. The maximum absolute atomic E-state index is 11.3. The van der Waals surface area contributed by atoms with Crippen LogP contribution in [0.5, 0.6) is 5.75 Å². The molecule has 1 aliphatic rings. The van der Waals surface area contributed by atoms with Gasteiger partial charge in [-0.25, -0.2) is 0 Å². The van der Waals surface area contributed by atoms with E-state index in [1.165, 1.54) is 25.9 Å². The maximum atomic E-state index is 11.3. The fourth-order valence-electron chi connectivity index (χ4n) is 2.59. The number of hydrogen-bond donors (Lipinski definition) is 0. The van der Waals surface area contributed by atoms with Crippen molar-refractivity contribution < 1.29 is 9.53 Å². The number of rotatable bonds is 5. The van der Waals surface area contributed by atoms with Crippen molar-refractivity contribution in [1.82, 2.24) is 4.90 Å². The molecule has 1 saturated heterocycles. The van der Waals surface area contributed by atoms with Gasteiger partial charge in [0.05, 0.1) is 0 Å². The molecule has 0 bridgehead atoms. The molecule has 1 atom stereocenters. The van der Waals surface area contributed by atoms with Crippen LogP contribution in [0.3, 0.4) is 0 Å². The number of likely N-dealkylation sites (tertiary alicyclic amines) is 1. The lowest BCUT2D eigenvalue weighted by Crippen LogP contribution is -2.37. The van der Waals surface area contributed by atoms with Crippen molar-refractivity contribution in [1.29, 1.82) is 0 Å². The van der Waals surface area contributed by atoms with Gasteiger partial charge in [0.15, 0.2) is 5.78 Å². The number of ether oxygens (including phenoxy) is 1. The normalized spacial score (nSPS) is 20.2. The van der Waals surface area contributed by atoms with E-state index < -0.39 is 0 Å². The molecule has 104 valence electrons. The van der Waals surface area contributed by atoms with Crippen LogP contribution in [-0.2, 0) is 0 Å². The van der Waals surface area contributed by atoms with Crippen LogP contribution in [0, 0.1) is 5.92 Å². The number of nitrogens with zero attached hydrogens (tertiary/aromatic N) is 1. The summed E-state index contributed by atoms with van der Waals surface area (Å²) in [6.45, 7) is 7.90. The van der Waals surface area contributed by atoms with E-state index in [0.717, 1.165) is 18.2 Å². The third-order valence-electron chi connectivity index (χ3n) is 3.66. The molecule has 0 spiro atoms. The molecule has 0 N–H and O–H groups in total. The van der Waals surface area contributed by atoms with Crippen molar-refractivity contribution in [2.45, 2.75) is 26.7 Å². The Balaban J connectivity index is 1.79. The lowest BCUT2D eigenvalue weighted by molar-refractivity contribution is 0.101. The lowest BCUT2D eigenvalue weighted by atomic mass is 10.0. The molecule has 0 radical (unpaired) electrons. The molecule has 1 aliphatic heterocycles. The first kappa shape index (κ1) is 14.1. The van der Waals surface area contributed by atoms with Crippen molar-refractivity contribution >= 4 is 5.78 Å². The summed E-state index contributed by atoms with van der Waals surface area (Å²) in [5.74, 6) is 1.67. The molecule has 0 amide bonds. The number of benzene rings is 1. The van der Waals surface area contributed by atoms with E-state index in [0.29, 0.717) is 12.2 Å². The van der Waals surface area contributed by atoms with Gasteiger partial charge >= 0.3 is 0 Å². The first-order chi connectivity index (χ1) is 9.15. The number of carbonyl (C=O) groups excluding carboxylic acids is 1. The molecule has 3 heteroatoms. The summed E-state index contributed by atoms with van der Waals surface area (Å²) >= 11 is 0. The fourth-order valence-corrected chi connectivity index (χ4v) is 2.59. The Bertz CT molecular complexity index is 431. The van der Waals surface area contributed by atoms with Crippen molar-refractivity contribution in [2.75, 3.05) is 26.2 Å². The predicted molar refractivity (Wildman–Crippen MR) is 76.8 cm³/mol. The van der Waals surface area contributed by atoms with Crippen LogP contribution in [-0.4, -0.2) is 36.9 Å². The highest BCUT2D eigenvalue weighted by atomic mass is 16.5. The standard InChI is InChI=1S/C16H23NO2/c1-13-5-4-8-17(12-13)9-10-19-16-7-3-6-15(11-16)14(2)18/h3,6-7,11,13H,4-5,8-10,12H2,1-2H3/t13-/m1/s1. The minimum atomic E-state index is 0.0790. The molecule has 0 aromatic heterocycles. The summed E-state index contributed by atoms with van der Waals surface area (Å²) in [5.41, 5.74) is 0.712. The average Bonchev–Trinajstić information content (AvgIpc) is 2.39. The highest BCUT2D eigenvalue weighted by Crippen LogP contribution is 2.16. The summed E-state index contributed by atoms with van der Waals surface area (Å²) in [7, 11) is 0. The molecule has 3 nitrogen and oxygen atoms in total. The van der Waals surface area contributed by atoms with Crippen molar-refractivity contribution in [2.24, 2.45) is 5.92 Å². The third kappa shape index (κ3) is 4.35. The Morgan fingerprint density at radius 1 is 1.47 bits per heavy atom. The number of Topliss-reactive ketones (excluding diaryl/α,β-unsaturated/α-hetero) is 1. The average molecular weight is 261 g/mol. The Labute approximate surface area is 115 Å². The molecular formula is C16H23NO2. The first-order valence-electron chi connectivity index (χ1n) is 7.11. The van der Waals surface area contributed by atoms with Crippen LogP contribution >= 0.6 is 0 Å². The molecular weight excluding hydrogens is 238 g/mol. The molecule has 0 aliphatic carbocycles. The highest BCUT2D eigenvalue weighted by molar-refractivity contribution is 5.94. The fraction of sp³-hybridized carbons (Fsp3) is 0.562. The molecule has 1 aromatic rings. The quantitative estimate of drug-likeness (QED) is 0.763. The van der Waals surface area contributed by atoms with Crippen LogP contribution in [0.1, 0.15) is 37.0 Å². The zero-order valence-corrected chi connectivity index (χ0v) is 11.9. The van der Waals surface area contributed by atoms with Gasteiger partial charge in [-0.05, 0) is 44.4 Å². The monoisotopic (exact) mass is 261 g/mol. The molecule has 1 aromatic carbocycles. The second-order valence-corrected chi connectivity index (χ2v) is 5.48. The SMILES string of the molecule is CC(=O)c1cccc(OCCN2CCC[C@@H](C)C2)c1. The first-order valence-corrected chi connectivity index (χ1v) is 7.11. The van der Waals surface area contributed by atoms with E-state index in [9.17, 15) is 4.79 Å². The minimum absolute atomic E-state index is 0.0790. The van der Waals surface area contributed by atoms with Gasteiger partial charge in [-0.2, -0.15) is 0 Å². The van der Waals surface area contributed by atoms with Gasteiger partial charge in [-0.15, -0.1) is 0 Å². The summed E-state index contributed by atoms with van der Waals surface area (Å²) in [5, 5.41) is 0. The Morgan fingerprint density at radius 2 is 2.32 bits per heavy atom. The van der Waals surface area contributed by atoms with Gasteiger partial charge in [-0.3, -0.25) is 9.69 Å².